The second-order valence-corrected chi connectivity index (χ2v) is 14.9. The van der Waals surface area contributed by atoms with Gasteiger partial charge in [0.1, 0.15) is 16.4 Å². The van der Waals surface area contributed by atoms with Crippen molar-refractivity contribution in [2.45, 2.75) is 70.5 Å². The lowest BCUT2D eigenvalue weighted by Gasteiger charge is -2.15. The van der Waals surface area contributed by atoms with Crippen LogP contribution in [0.4, 0.5) is 19.0 Å². The predicted octanol–water partition coefficient (Wildman–Crippen LogP) is 7.26. The molecular weight excluding hydrogens is 621 g/mol. The number of nitrogens with one attached hydrogen (secondary N) is 1. The van der Waals surface area contributed by atoms with Gasteiger partial charge in [0.2, 0.25) is 0 Å². The van der Waals surface area contributed by atoms with Crippen molar-refractivity contribution in [2.24, 2.45) is 5.92 Å². The highest BCUT2D eigenvalue weighted by molar-refractivity contribution is 7.99. The number of halogens is 4. The summed E-state index contributed by atoms with van der Waals surface area (Å²) in [5, 5.41) is -1.11. The number of carbonyl (C=O) groups excluding carboxylic acids is 1. The van der Waals surface area contributed by atoms with E-state index >= 15 is 0 Å². The first kappa shape index (κ1) is 31.3. The summed E-state index contributed by atoms with van der Waals surface area (Å²) >= 11 is 7.04. The van der Waals surface area contributed by atoms with Gasteiger partial charge in [0.15, 0.2) is 15.6 Å². The molecule has 0 spiro atoms. The minimum absolute atomic E-state index is 0.0324. The molecule has 0 atom stereocenters. The average Bonchev–Trinajstić information content (AvgIpc) is 3.75. The van der Waals surface area contributed by atoms with E-state index in [1.165, 1.54) is 36.0 Å². The zero-order valence-corrected chi connectivity index (χ0v) is 25.1. The van der Waals surface area contributed by atoms with Crippen LogP contribution in [-0.2, 0) is 26.0 Å². The van der Waals surface area contributed by atoms with Gasteiger partial charge in [0.05, 0.1) is 20.7 Å². The molecular formula is C27H26ClF3N2O5S3. The third-order valence-electron chi connectivity index (χ3n) is 6.56. The Morgan fingerprint density at radius 1 is 1.02 bits per heavy atom. The highest BCUT2D eigenvalue weighted by Crippen LogP contribution is 2.38. The molecule has 4 rings (SSSR count). The number of carbonyl (C=O) groups is 1. The Hall–Kier alpha value is -2.61. The molecule has 1 aromatic heterocycles. The maximum atomic E-state index is 13.1. The molecule has 1 N–H and O–H groups in total. The van der Waals surface area contributed by atoms with E-state index in [1.807, 2.05) is 13.8 Å². The fourth-order valence-corrected chi connectivity index (χ4v) is 8.36. The normalized spacial score (nSPS) is 14.3. The summed E-state index contributed by atoms with van der Waals surface area (Å²) in [4.78, 5) is 18.0. The van der Waals surface area contributed by atoms with E-state index in [0.717, 1.165) is 6.07 Å². The summed E-state index contributed by atoms with van der Waals surface area (Å²) in [6.07, 6.45) is -2.37. The molecule has 2 aromatic carbocycles. The van der Waals surface area contributed by atoms with Gasteiger partial charge in [-0.25, -0.2) is 21.8 Å². The molecule has 1 saturated carbocycles. The van der Waals surface area contributed by atoms with Crippen LogP contribution in [0.5, 0.6) is 0 Å². The van der Waals surface area contributed by atoms with Crippen LogP contribution in [0.3, 0.4) is 0 Å². The van der Waals surface area contributed by atoms with Crippen molar-refractivity contribution < 1.29 is 34.8 Å². The Labute approximate surface area is 245 Å². The number of Topliss-reactive ketones (excluding diaryl/α,β-unsaturated/α-hetero) is 1. The SMILES string of the molecule is CCC(CC)S(=O)(=O)c1ccc(Sc2ccc(NS(=O)(=O)c3ccc(C(F)(F)F)cc3Cl)nc2C(=O)C2CC2)cc1. The molecule has 3 aromatic rings. The van der Waals surface area contributed by atoms with E-state index < -0.39 is 46.8 Å². The number of benzene rings is 2. The highest BCUT2D eigenvalue weighted by Gasteiger charge is 2.34. The minimum Gasteiger partial charge on any atom is -0.292 e. The van der Waals surface area contributed by atoms with Crippen LogP contribution in [0.25, 0.3) is 0 Å². The molecule has 14 heteroatoms. The lowest BCUT2D eigenvalue weighted by atomic mass is 10.2. The van der Waals surface area contributed by atoms with Crippen LogP contribution in [0, 0.1) is 5.92 Å². The van der Waals surface area contributed by atoms with Crippen molar-refractivity contribution in [1.82, 2.24) is 4.98 Å². The Bertz CT molecular complexity index is 1670. The fraction of sp³-hybridized carbons (Fsp3) is 0.333. The number of alkyl halides is 3. The second kappa shape index (κ2) is 11.9. The Morgan fingerprint density at radius 2 is 1.66 bits per heavy atom. The van der Waals surface area contributed by atoms with Crippen LogP contribution >= 0.6 is 23.4 Å². The quantitative estimate of drug-likeness (QED) is 0.218. The molecule has 0 unspecified atom stereocenters. The van der Waals surface area contributed by atoms with Gasteiger partial charge in [-0.05, 0) is 80.3 Å². The smallest absolute Gasteiger partial charge is 0.292 e. The number of ketones is 1. The van der Waals surface area contributed by atoms with Gasteiger partial charge >= 0.3 is 6.18 Å². The number of pyridine rings is 1. The third-order valence-corrected chi connectivity index (χ3v) is 11.9. The summed E-state index contributed by atoms with van der Waals surface area (Å²) < 4.78 is 92.7. The van der Waals surface area contributed by atoms with Crippen molar-refractivity contribution in [3.63, 3.8) is 0 Å². The number of sulfonamides is 1. The first-order chi connectivity index (χ1) is 19.2. The summed E-state index contributed by atoms with van der Waals surface area (Å²) in [5.74, 6) is -0.722. The second-order valence-electron chi connectivity index (χ2n) is 9.49. The number of anilines is 1. The Morgan fingerprint density at radius 3 is 2.20 bits per heavy atom. The number of nitrogens with zero attached hydrogens (tertiary/aromatic N) is 1. The number of hydrogen-bond donors (Lipinski definition) is 1. The van der Waals surface area contributed by atoms with Gasteiger partial charge < -0.3 is 0 Å². The van der Waals surface area contributed by atoms with E-state index in [4.69, 9.17) is 11.6 Å². The van der Waals surface area contributed by atoms with Crippen molar-refractivity contribution in [2.75, 3.05) is 4.72 Å². The van der Waals surface area contributed by atoms with Crippen LogP contribution in [0.2, 0.25) is 5.02 Å². The summed E-state index contributed by atoms with van der Waals surface area (Å²) in [6.45, 7) is 3.65. The number of aromatic nitrogens is 1. The molecule has 0 amide bonds. The van der Waals surface area contributed by atoms with Gasteiger partial charge in [0, 0.05) is 15.7 Å². The van der Waals surface area contributed by atoms with Crippen LogP contribution < -0.4 is 4.72 Å². The standard InChI is InChI=1S/C27H26ClF3N2O5S3/c1-3-19(4-2)40(35,36)20-10-8-18(9-11-20)39-22-12-14-24(32-25(22)26(34)16-5-6-16)33-41(37,38)23-13-7-17(15-21(23)28)27(29,30)31/h7-16,19H,3-6H2,1-2H3,(H,32,33). The molecule has 41 heavy (non-hydrogen) atoms. The van der Waals surface area contributed by atoms with E-state index in [2.05, 4.69) is 9.71 Å². The molecule has 0 radical (unpaired) electrons. The highest BCUT2D eigenvalue weighted by atomic mass is 35.5. The molecule has 1 heterocycles. The van der Waals surface area contributed by atoms with Crippen molar-refractivity contribution >= 4 is 54.8 Å². The monoisotopic (exact) mass is 646 g/mol. The first-order valence-electron chi connectivity index (χ1n) is 12.6. The topological polar surface area (TPSA) is 110 Å². The fourth-order valence-electron chi connectivity index (χ4n) is 4.13. The van der Waals surface area contributed by atoms with Gasteiger partial charge in [-0.1, -0.05) is 37.2 Å². The van der Waals surface area contributed by atoms with E-state index in [0.29, 0.717) is 47.6 Å². The molecule has 220 valence electrons. The van der Waals surface area contributed by atoms with E-state index in [9.17, 15) is 34.8 Å². The lowest BCUT2D eigenvalue weighted by molar-refractivity contribution is -0.137. The van der Waals surface area contributed by atoms with Crippen molar-refractivity contribution in [1.29, 1.82) is 0 Å². The van der Waals surface area contributed by atoms with Crippen LogP contribution in [-0.4, -0.2) is 32.9 Å². The first-order valence-corrected chi connectivity index (χ1v) is 16.9. The maximum absolute atomic E-state index is 13.1. The lowest BCUT2D eigenvalue weighted by Crippen LogP contribution is -2.19. The number of sulfone groups is 1. The molecule has 0 aliphatic heterocycles. The summed E-state index contributed by atoms with van der Waals surface area (Å²) in [7, 11) is -7.92. The number of rotatable bonds is 11. The van der Waals surface area contributed by atoms with Crippen molar-refractivity contribution in [3.8, 4) is 0 Å². The summed E-state index contributed by atoms with van der Waals surface area (Å²) in [5.41, 5.74) is -1.07. The minimum atomic E-state index is -4.70. The predicted molar refractivity (Wildman–Crippen MR) is 151 cm³/mol. The molecule has 7 nitrogen and oxygen atoms in total. The number of hydrogen-bond acceptors (Lipinski definition) is 7. The van der Waals surface area contributed by atoms with E-state index in [1.54, 1.807) is 12.1 Å². The summed E-state index contributed by atoms with van der Waals surface area (Å²) in [6, 6.07) is 11.0. The van der Waals surface area contributed by atoms with Gasteiger partial charge in [0.25, 0.3) is 10.0 Å². The molecule has 1 aliphatic carbocycles. The average molecular weight is 647 g/mol. The van der Waals surface area contributed by atoms with Gasteiger partial charge in [-0.3, -0.25) is 9.52 Å². The molecule has 0 saturated heterocycles. The van der Waals surface area contributed by atoms with E-state index in [-0.39, 0.29) is 28.1 Å². The zero-order valence-electron chi connectivity index (χ0n) is 21.9. The Balaban J connectivity index is 1.61. The van der Waals surface area contributed by atoms with Crippen LogP contribution in [0.15, 0.2) is 74.2 Å². The van der Waals surface area contributed by atoms with Gasteiger partial charge in [-0.2, -0.15) is 13.2 Å². The largest absolute Gasteiger partial charge is 0.416 e. The third kappa shape index (κ3) is 7.07. The molecule has 1 aliphatic rings. The van der Waals surface area contributed by atoms with Gasteiger partial charge in [-0.15, -0.1) is 0 Å². The maximum Gasteiger partial charge on any atom is 0.416 e. The van der Waals surface area contributed by atoms with Crippen LogP contribution in [0.1, 0.15) is 55.6 Å². The molecule has 1 fully saturated rings. The zero-order chi connectivity index (χ0) is 30.2. The van der Waals surface area contributed by atoms with Crippen molar-refractivity contribution in [3.05, 3.63) is 70.9 Å². The molecule has 0 bridgehead atoms. The Kier molecular flexibility index (Phi) is 9.13.